The fourth-order valence-electron chi connectivity index (χ4n) is 2.89. The number of pyridine rings is 1. The first-order valence-electron chi connectivity index (χ1n) is 7.49. The summed E-state index contributed by atoms with van der Waals surface area (Å²) in [6, 6.07) is 5.67. The van der Waals surface area contributed by atoms with Gasteiger partial charge in [-0.25, -0.2) is 0 Å². The van der Waals surface area contributed by atoms with Crippen LogP contribution in [0.1, 0.15) is 51.3 Å². The summed E-state index contributed by atoms with van der Waals surface area (Å²) in [5.41, 5.74) is 6.43. The van der Waals surface area contributed by atoms with Gasteiger partial charge in [0.05, 0.1) is 17.2 Å². The summed E-state index contributed by atoms with van der Waals surface area (Å²) >= 11 is 0. The summed E-state index contributed by atoms with van der Waals surface area (Å²) in [7, 11) is 0. The van der Waals surface area contributed by atoms with Crippen LogP contribution in [0.3, 0.4) is 0 Å². The van der Waals surface area contributed by atoms with Gasteiger partial charge in [0.25, 0.3) is 0 Å². The maximum atomic E-state index is 12.6. The van der Waals surface area contributed by atoms with Crippen molar-refractivity contribution in [3.05, 3.63) is 30.1 Å². The Hall–Kier alpha value is -1.42. The Kier molecular flexibility index (Phi) is 4.76. The van der Waals surface area contributed by atoms with E-state index < -0.39 is 0 Å². The number of aromatic nitrogens is 1. The summed E-state index contributed by atoms with van der Waals surface area (Å²) < 4.78 is 0. The summed E-state index contributed by atoms with van der Waals surface area (Å²) in [4.78, 5) is 16.9. The van der Waals surface area contributed by atoms with Crippen LogP contribution in [0.5, 0.6) is 0 Å². The van der Waals surface area contributed by atoms with E-state index in [0.717, 1.165) is 31.4 Å². The first-order valence-corrected chi connectivity index (χ1v) is 7.49. The molecular formula is C16H25N3O. The molecule has 1 aliphatic rings. The number of hydrogen-bond acceptors (Lipinski definition) is 3. The molecule has 1 heterocycles. The van der Waals surface area contributed by atoms with Gasteiger partial charge in [-0.1, -0.05) is 13.0 Å². The lowest BCUT2D eigenvalue weighted by molar-refractivity contribution is -0.133. The lowest BCUT2D eigenvalue weighted by Gasteiger charge is -2.37. The Balaban J connectivity index is 2.03. The van der Waals surface area contributed by atoms with Crippen LogP contribution in [-0.4, -0.2) is 17.4 Å². The minimum absolute atomic E-state index is 0.0773. The molecule has 1 fully saturated rings. The maximum Gasteiger partial charge on any atom is 0.228 e. The highest BCUT2D eigenvalue weighted by Crippen LogP contribution is 2.38. The predicted molar refractivity (Wildman–Crippen MR) is 79.9 cm³/mol. The topological polar surface area (TPSA) is 68.0 Å². The van der Waals surface area contributed by atoms with Crippen molar-refractivity contribution in [1.29, 1.82) is 0 Å². The maximum absolute atomic E-state index is 12.6. The summed E-state index contributed by atoms with van der Waals surface area (Å²) in [6.07, 6.45) is 5.71. The van der Waals surface area contributed by atoms with Crippen LogP contribution >= 0.6 is 0 Å². The fraction of sp³-hybridized carbons (Fsp3) is 0.625. The van der Waals surface area contributed by atoms with E-state index in [4.69, 9.17) is 5.73 Å². The van der Waals surface area contributed by atoms with Crippen LogP contribution < -0.4 is 11.1 Å². The Morgan fingerprint density at radius 3 is 2.75 bits per heavy atom. The molecule has 1 saturated carbocycles. The van der Waals surface area contributed by atoms with Gasteiger partial charge in [0, 0.05) is 12.7 Å². The van der Waals surface area contributed by atoms with E-state index in [2.05, 4.69) is 17.2 Å². The van der Waals surface area contributed by atoms with Gasteiger partial charge in [-0.15, -0.1) is 0 Å². The standard InChI is InChI=1S/C16H25N3O/c1-12-6-8-16(11-17,9-7-12)15(20)19-13(2)14-5-3-4-10-18-14/h3-5,10,12-13H,6-9,11,17H2,1-2H3,(H,19,20)/t12?,13-,16?/m1/s1. The van der Waals surface area contributed by atoms with Crippen LogP contribution in [-0.2, 0) is 4.79 Å². The van der Waals surface area contributed by atoms with Crippen molar-refractivity contribution in [2.24, 2.45) is 17.1 Å². The van der Waals surface area contributed by atoms with Crippen molar-refractivity contribution < 1.29 is 4.79 Å². The van der Waals surface area contributed by atoms with Crippen molar-refractivity contribution in [2.75, 3.05) is 6.54 Å². The van der Waals surface area contributed by atoms with Gasteiger partial charge in [-0.2, -0.15) is 0 Å². The SMILES string of the molecule is CC1CCC(CN)(C(=O)N[C@H](C)c2ccccn2)CC1. The molecule has 1 aliphatic carbocycles. The molecule has 1 aromatic rings. The zero-order valence-electron chi connectivity index (χ0n) is 12.4. The molecule has 0 spiro atoms. The Bertz CT molecular complexity index is 438. The first kappa shape index (κ1) is 15.0. The molecule has 20 heavy (non-hydrogen) atoms. The molecule has 110 valence electrons. The second kappa shape index (κ2) is 6.35. The molecule has 4 nitrogen and oxygen atoms in total. The zero-order chi connectivity index (χ0) is 14.6. The Morgan fingerprint density at radius 2 is 2.20 bits per heavy atom. The molecule has 0 bridgehead atoms. The molecule has 1 atom stereocenters. The number of nitrogens with zero attached hydrogens (tertiary/aromatic N) is 1. The second-order valence-corrected chi connectivity index (χ2v) is 6.12. The minimum Gasteiger partial charge on any atom is -0.347 e. The third-order valence-electron chi connectivity index (χ3n) is 4.58. The summed E-state index contributed by atoms with van der Waals surface area (Å²) in [6.45, 7) is 4.64. The highest BCUT2D eigenvalue weighted by Gasteiger charge is 2.40. The van der Waals surface area contributed by atoms with Crippen molar-refractivity contribution in [3.8, 4) is 0 Å². The lowest BCUT2D eigenvalue weighted by atomic mass is 9.70. The zero-order valence-corrected chi connectivity index (χ0v) is 12.4. The van der Waals surface area contributed by atoms with E-state index in [1.165, 1.54) is 0 Å². The predicted octanol–water partition coefficient (Wildman–Crippen LogP) is 2.41. The smallest absolute Gasteiger partial charge is 0.228 e. The third-order valence-corrected chi connectivity index (χ3v) is 4.58. The van der Waals surface area contributed by atoms with E-state index in [1.807, 2.05) is 25.1 Å². The van der Waals surface area contributed by atoms with Gasteiger partial charge in [0.15, 0.2) is 0 Å². The number of carbonyl (C=O) groups is 1. The third kappa shape index (κ3) is 3.18. The molecule has 0 aromatic carbocycles. The molecule has 0 radical (unpaired) electrons. The van der Waals surface area contributed by atoms with Gasteiger partial charge in [-0.3, -0.25) is 9.78 Å². The molecule has 3 N–H and O–H groups in total. The monoisotopic (exact) mass is 275 g/mol. The van der Waals surface area contributed by atoms with Crippen LogP contribution in [0.15, 0.2) is 24.4 Å². The largest absolute Gasteiger partial charge is 0.347 e. The second-order valence-electron chi connectivity index (χ2n) is 6.12. The molecule has 0 aliphatic heterocycles. The van der Waals surface area contributed by atoms with E-state index in [9.17, 15) is 4.79 Å². The molecule has 0 saturated heterocycles. The van der Waals surface area contributed by atoms with Gasteiger partial charge < -0.3 is 11.1 Å². The summed E-state index contributed by atoms with van der Waals surface area (Å²) in [5.74, 6) is 0.792. The van der Waals surface area contributed by atoms with Gasteiger partial charge in [0.2, 0.25) is 5.91 Å². The highest BCUT2D eigenvalue weighted by molar-refractivity contribution is 5.83. The lowest BCUT2D eigenvalue weighted by Crippen LogP contribution is -2.48. The molecule has 4 heteroatoms. The number of amides is 1. The van der Waals surface area contributed by atoms with Crippen molar-refractivity contribution in [3.63, 3.8) is 0 Å². The highest BCUT2D eigenvalue weighted by atomic mass is 16.2. The summed E-state index contributed by atoms with van der Waals surface area (Å²) in [5, 5.41) is 3.09. The Morgan fingerprint density at radius 1 is 1.50 bits per heavy atom. The van der Waals surface area contributed by atoms with Gasteiger partial charge in [-0.05, 0) is 50.7 Å². The number of nitrogens with two attached hydrogens (primary N) is 1. The van der Waals surface area contributed by atoms with Gasteiger partial charge >= 0.3 is 0 Å². The van der Waals surface area contributed by atoms with E-state index in [-0.39, 0.29) is 17.4 Å². The average Bonchev–Trinajstić information content (AvgIpc) is 2.49. The minimum atomic E-state index is -0.379. The number of nitrogens with one attached hydrogen (secondary N) is 1. The van der Waals surface area contributed by atoms with Crippen LogP contribution in [0.4, 0.5) is 0 Å². The molecular weight excluding hydrogens is 250 g/mol. The molecule has 1 aromatic heterocycles. The molecule has 2 rings (SSSR count). The number of carbonyl (C=O) groups excluding carboxylic acids is 1. The van der Waals surface area contributed by atoms with Crippen LogP contribution in [0.25, 0.3) is 0 Å². The Labute approximate surface area is 121 Å². The van der Waals surface area contributed by atoms with E-state index in [1.54, 1.807) is 6.20 Å². The molecule has 0 unspecified atom stereocenters. The van der Waals surface area contributed by atoms with Crippen LogP contribution in [0, 0.1) is 11.3 Å². The average molecular weight is 275 g/mol. The van der Waals surface area contributed by atoms with Gasteiger partial charge in [0.1, 0.15) is 0 Å². The normalized spacial score (nSPS) is 27.9. The van der Waals surface area contributed by atoms with E-state index in [0.29, 0.717) is 12.5 Å². The van der Waals surface area contributed by atoms with Crippen molar-refractivity contribution >= 4 is 5.91 Å². The number of hydrogen-bond donors (Lipinski definition) is 2. The van der Waals surface area contributed by atoms with Crippen molar-refractivity contribution in [2.45, 2.75) is 45.6 Å². The van der Waals surface area contributed by atoms with Crippen LogP contribution in [0.2, 0.25) is 0 Å². The number of rotatable bonds is 4. The fourth-order valence-corrected chi connectivity index (χ4v) is 2.89. The van der Waals surface area contributed by atoms with E-state index >= 15 is 0 Å². The molecule has 1 amide bonds. The van der Waals surface area contributed by atoms with Crippen molar-refractivity contribution in [1.82, 2.24) is 10.3 Å². The quantitative estimate of drug-likeness (QED) is 0.886. The first-order chi connectivity index (χ1) is 9.57.